The fraction of sp³-hybridized carbons (Fsp3) is 0.389. The Morgan fingerprint density at radius 3 is 2.58 bits per heavy atom. The molecular weight excluding hydrogens is 374 g/mol. The third kappa shape index (κ3) is 3.79. The Morgan fingerprint density at radius 1 is 1.23 bits per heavy atom. The monoisotopic (exact) mass is 395 g/mol. The lowest BCUT2D eigenvalue weighted by Crippen LogP contribution is -2.28. The number of halogens is 1. The molecule has 0 saturated carbocycles. The summed E-state index contributed by atoms with van der Waals surface area (Å²) in [7, 11) is -0.170. The summed E-state index contributed by atoms with van der Waals surface area (Å²) >= 11 is 5.99. The van der Waals surface area contributed by atoms with Gasteiger partial charge in [-0.15, -0.1) is 0 Å². The molecule has 140 valence electrons. The van der Waals surface area contributed by atoms with Crippen LogP contribution in [0, 0.1) is 0 Å². The van der Waals surface area contributed by atoms with Crippen molar-refractivity contribution in [1.29, 1.82) is 0 Å². The molecule has 1 fully saturated rings. The quantitative estimate of drug-likeness (QED) is 0.782. The van der Waals surface area contributed by atoms with Crippen molar-refractivity contribution in [2.75, 3.05) is 20.1 Å². The Morgan fingerprint density at radius 2 is 1.92 bits per heavy atom. The minimum Gasteiger partial charge on any atom is -0.345 e. The summed E-state index contributed by atoms with van der Waals surface area (Å²) in [5.41, 5.74) is 1.25. The van der Waals surface area contributed by atoms with Crippen LogP contribution in [0.2, 0.25) is 5.02 Å². The van der Waals surface area contributed by atoms with Crippen molar-refractivity contribution in [1.82, 2.24) is 13.8 Å². The normalized spacial score (nSPS) is 15.3. The van der Waals surface area contributed by atoms with Gasteiger partial charge in [0.2, 0.25) is 10.0 Å². The van der Waals surface area contributed by atoms with E-state index in [4.69, 9.17) is 11.6 Å². The van der Waals surface area contributed by atoms with Gasteiger partial charge in [-0.3, -0.25) is 4.79 Å². The highest BCUT2D eigenvalue weighted by Crippen LogP contribution is 2.23. The Balaban J connectivity index is 1.80. The summed E-state index contributed by atoms with van der Waals surface area (Å²) in [5.74, 6) is -0.240. The fourth-order valence-corrected chi connectivity index (χ4v) is 4.94. The van der Waals surface area contributed by atoms with E-state index in [2.05, 4.69) is 0 Å². The number of amides is 1. The van der Waals surface area contributed by atoms with Crippen LogP contribution in [0.4, 0.5) is 0 Å². The van der Waals surface area contributed by atoms with E-state index in [1.165, 1.54) is 16.6 Å². The topological polar surface area (TPSA) is 62.6 Å². The van der Waals surface area contributed by atoms with Crippen LogP contribution in [0.25, 0.3) is 0 Å². The molecule has 1 aromatic heterocycles. The number of sulfonamides is 1. The van der Waals surface area contributed by atoms with Gasteiger partial charge in [-0.1, -0.05) is 23.7 Å². The van der Waals surface area contributed by atoms with E-state index in [9.17, 15) is 13.2 Å². The van der Waals surface area contributed by atoms with Crippen LogP contribution in [-0.4, -0.2) is 48.2 Å². The third-order valence-electron chi connectivity index (χ3n) is 4.56. The van der Waals surface area contributed by atoms with Crippen molar-refractivity contribution in [2.24, 2.45) is 7.05 Å². The number of rotatable bonds is 5. The molecule has 0 N–H and O–H groups in total. The Hall–Kier alpha value is -1.83. The maximum Gasteiger partial charge on any atom is 0.270 e. The van der Waals surface area contributed by atoms with Crippen LogP contribution in [0.15, 0.2) is 41.4 Å². The second-order valence-corrected chi connectivity index (χ2v) is 8.95. The Labute approximate surface area is 159 Å². The molecule has 0 aliphatic carbocycles. The number of hydrogen-bond acceptors (Lipinski definition) is 3. The van der Waals surface area contributed by atoms with E-state index >= 15 is 0 Å². The van der Waals surface area contributed by atoms with E-state index in [1.807, 2.05) is 12.1 Å². The van der Waals surface area contributed by atoms with Gasteiger partial charge in [0.15, 0.2) is 0 Å². The van der Waals surface area contributed by atoms with Gasteiger partial charge in [0.05, 0.1) is 0 Å². The minimum absolute atomic E-state index is 0.168. The predicted octanol–water partition coefficient (Wildman–Crippen LogP) is 2.74. The number of hydrogen-bond donors (Lipinski definition) is 0. The van der Waals surface area contributed by atoms with Gasteiger partial charge in [-0.05, 0) is 36.6 Å². The molecule has 0 radical (unpaired) electrons. The van der Waals surface area contributed by atoms with Crippen molar-refractivity contribution in [3.05, 3.63) is 52.8 Å². The van der Waals surface area contributed by atoms with Crippen molar-refractivity contribution >= 4 is 27.5 Å². The van der Waals surface area contributed by atoms with Gasteiger partial charge in [0.1, 0.15) is 10.6 Å². The van der Waals surface area contributed by atoms with Gasteiger partial charge in [-0.25, -0.2) is 8.42 Å². The van der Waals surface area contributed by atoms with Gasteiger partial charge in [-0.2, -0.15) is 4.31 Å². The first-order chi connectivity index (χ1) is 12.3. The summed E-state index contributed by atoms with van der Waals surface area (Å²) in [4.78, 5) is 14.5. The lowest BCUT2D eigenvalue weighted by Gasteiger charge is -2.17. The number of carbonyl (C=O) groups is 1. The highest BCUT2D eigenvalue weighted by atomic mass is 35.5. The summed E-state index contributed by atoms with van der Waals surface area (Å²) in [6, 6.07) is 8.77. The molecule has 0 spiro atoms. The molecule has 1 saturated heterocycles. The van der Waals surface area contributed by atoms with E-state index in [0.29, 0.717) is 30.4 Å². The van der Waals surface area contributed by atoms with Crippen LogP contribution in [0.5, 0.6) is 0 Å². The minimum atomic E-state index is -3.54. The average molecular weight is 396 g/mol. The molecule has 0 bridgehead atoms. The highest BCUT2D eigenvalue weighted by molar-refractivity contribution is 7.89. The average Bonchev–Trinajstić information content (AvgIpc) is 3.24. The molecule has 1 aromatic carbocycles. The summed E-state index contributed by atoms with van der Waals surface area (Å²) < 4.78 is 28.4. The summed E-state index contributed by atoms with van der Waals surface area (Å²) in [5, 5.41) is 0.612. The van der Waals surface area contributed by atoms with Crippen molar-refractivity contribution in [3.63, 3.8) is 0 Å². The third-order valence-corrected chi connectivity index (χ3v) is 6.66. The highest BCUT2D eigenvalue weighted by Gasteiger charge is 2.29. The zero-order valence-corrected chi connectivity index (χ0v) is 16.4. The van der Waals surface area contributed by atoms with Gasteiger partial charge in [0.25, 0.3) is 5.91 Å². The zero-order valence-electron chi connectivity index (χ0n) is 14.9. The number of aromatic nitrogens is 1. The van der Waals surface area contributed by atoms with E-state index in [0.717, 1.165) is 18.4 Å². The molecule has 2 aromatic rings. The number of aryl methyl sites for hydroxylation is 1. The second-order valence-electron chi connectivity index (χ2n) is 6.57. The van der Waals surface area contributed by atoms with Gasteiger partial charge >= 0.3 is 0 Å². The molecule has 26 heavy (non-hydrogen) atoms. The molecule has 1 amide bonds. The lowest BCUT2D eigenvalue weighted by atomic mass is 10.2. The summed E-state index contributed by atoms with van der Waals surface area (Å²) in [6.07, 6.45) is 3.26. The van der Waals surface area contributed by atoms with E-state index in [-0.39, 0.29) is 10.8 Å². The number of nitrogens with zero attached hydrogens (tertiary/aromatic N) is 3. The lowest BCUT2D eigenvalue weighted by molar-refractivity contribution is 0.0775. The largest absolute Gasteiger partial charge is 0.345 e. The van der Waals surface area contributed by atoms with Crippen LogP contribution >= 0.6 is 11.6 Å². The van der Waals surface area contributed by atoms with Crippen LogP contribution < -0.4 is 0 Å². The van der Waals surface area contributed by atoms with Gasteiger partial charge in [0, 0.05) is 44.9 Å². The maximum atomic E-state index is 12.8. The number of benzene rings is 1. The van der Waals surface area contributed by atoms with E-state index in [1.54, 1.807) is 35.7 Å². The molecular formula is C18H22ClN3O3S. The first kappa shape index (κ1) is 18.9. The predicted molar refractivity (Wildman–Crippen MR) is 101 cm³/mol. The summed E-state index contributed by atoms with van der Waals surface area (Å²) in [6.45, 7) is 1.46. The molecule has 6 nitrogen and oxygen atoms in total. The molecule has 1 aliphatic heterocycles. The molecule has 1 aliphatic rings. The molecule has 3 rings (SSSR count). The van der Waals surface area contributed by atoms with Crippen LogP contribution in [0.1, 0.15) is 28.9 Å². The van der Waals surface area contributed by atoms with E-state index < -0.39 is 10.0 Å². The Kier molecular flexibility index (Phi) is 5.41. The molecule has 8 heteroatoms. The second kappa shape index (κ2) is 7.42. The molecule has 0 unspecified atom stereocenters. The Bertz CT molecular complexity index is 918. The standard InChI is InChI=1S/C18H22ClN3O3S/c1-20-13-16(26(24,25)22-8-3-4-9-22)11-17(20)18(23)21(2)12-14-6-5-7-15(19)10-14/h5-7,10-11,13H,3-4,8-9,12H2,1-2H3. The molecule has 2 heterocycles. The SMILES string of the molecule is CN(Cc1cccc(Cl)c1)C(=O)c1cc(S(=O)(=O)N2CCCC2)cn1C. The van der Waals surface area contributed by atoms with Crippen molar-refractivity contribution in [2.45, 2.75) is 24.3 Å². The number of carbonyl (C=O) groups excluding carboxylic acids is 1. The zero-order chi connectivity index (χ0) is 18.9. The van der Waals surface area contributed by atoms with Crippen LogP contribution in [0.3, 0.4) is 0 Å². The smallest absolute Gasteiger partial charge is 0.270 e. The molecule has 0 atom stereocenters. The van der Waals surface area contributed by atoms with Gasteiger partial charge < -0.3 is 9.47 Å². The first-order valence-electron chi connectivity index (χ1n) is 8.45. The maximum absolute atomic E-state index is 12.8. The van der Waals surface area contributed by atoms with Crippen LogP contribution in [-0.2, 0) is 23.6 Å². The van der Waals surface area contributed by atoms with Crippen molar-refractivity contribution < 1.29 is 13.2 Å². The fourth-order valence-electron chi connectivity index (χ4n) is 3.14. The first-order valence-corrected chi connectivity index (χ1v) is 10.3. The van der Waals surface area contributed by atoms with Crippen molar-refractivity contribution in [3.8, 4) is 0 Å².